The maximum atomic E-state index is 5.43. The molecular weight excluding hydrogens is 226 g/mol. The van der Waals surface area contributed by atoms with Gasteiger partial charge in [-0.2, -0.15) is 0 Å². The van der Waals surface area contributed by atoms with Crippen LogP contribution in [0, 0.1) is 0 Å². The lowest BCUT2D eigenvalue weighted by Crippen LogP contribution is -2.35. The Morgan fingerprint density at radius 1 is 1.44 bits per heavy atom. The second kappa shape index (κ2) is 6.10. The highest BCUT2D eigenvalue weighted by molar-refractivity contribution is 5.81. The fraction of sp³-hybridized carbons (Fsp3) is 0.357. The second-order valence-corrected chi connectivity index (χ2v) is 4.22. The zero-order valence-electron chi connectivity index (χ0n) is 10.7. The third-order valence-corrected chi connectivity index (χ3v) is 2.80. The molecule has 0 unspecified atom stereocenters. The lowest BCUT2D eigenvalue weighted by Gasteiger charge is -2.15. The van der Waals surface area contributed by atoms with Crippen molar-refractivity contribution in [2.45, 2.75) is 6.54 Å². The van der Waals surface area contributed by atoms with E-state index in [1.807, 2.05) is 19.2 Å². The lowest BCUT2D eigenvalue weighted by atomic mass is 10.2. The van der Waals surface area contributed by atoms with E-state index in [-0.39, 0.29) is 0 Å². The molecule has 1 aromatic carbocycles. The number of rotatable bonds is 5. The number of nitrogens with zero attached hydrogens (tertiary/aromatic N) is 2. The highest BCUT2D eigenvalue weighted by atomic mass is 16.5. The van der Waals surface area contributed by atoms with Gasteiger partial charge in [0.15, 0.2) is 5.96 Å². The van der Waals surface area contributed by atoms with Gasteiger partial charge in [0, 0.05) is 20.1 Å². The third kappa shape index (κ3) is 3.26. The number of ether oxygens (including phenoxy) is 1. The summed E-state index contributed by atoms with van der Waals surface area (Å²) in [6.07, 6.45) is 1.74. The Kier molecular flexibility index (Phi) is 4.23. The number of guanidine groups is 1. The summed E-state index contributed by atoms with van der Waals surface area (Å²) in [4.78, 5) is 6.51. The number of likely N-dealkylation sites (N-methyl/N-ethyl adjacent to an activating group) is 1. The smallest absolute Gasteiger partial charge is 0.194 e. The molecule has 96 valence electrons. The van der Waals surface area contributed by atoms with Crippen molar-refractivity contribution >= 4 is 5.96 Å². The molecule has 1 aromatic rings. The molecule has 0 saturated carbocycles. The van der Waals surface area contributed by atoms with Crippen molar-refractivity contribution in [3.63, 3.8) is 0 Å². The summed E-state index contributed by atoms with van der Waals surface area (Å²) in [7, 11) is 2.05. The Labute approximate surface area is 108 Å². The van der Waals surface area contributed by atoms with E-state index in [9.17, 15) is 0 Å². The molecule has 1 N–H and O–H groups in total. The van der Waals surface area contributed by atoms with Crippen LogP contribution < -0.4 is 10.1 Å². The van der Waals surface area contributed by atoms with Gasteiger partial charge in [0.25, 0.3) is 0 Å². The number of hydrogen-bond donors (Lipinski definition) is 1. The Morgan fingerprint density at radius 2 is 2.22 bits per heavy atom. The number of nitrogens with one attached hydrogen (secondary N) is 1. The zero-order valence-corrected chi connectivity index (χ0v) is 10.7. The molecule has 0 aliphatic carbocycles. The topological polar surface area (TPSA) is 36.9 Å². The highest BCUT2D eigenvalue weighted by Crippen LogP contribution is 2.12. The summed E-state index contributed by atoms with van der Waals surface area (Å²) in [6.45, 7) is 6.82. The van der Waals surface area contributed by atoms with E-state index in [2.05, 4.69) is 33.9 Å². The minimum absolute atomic E-state index is 0.541. The maximum absolute atomic E-state index is 5.43. The average Bonchev–Trinajstić information content (AvgIpc) is 2.81. The number of hydrogen-bond acceptors (Lipinski definition) is 4. The molecule has 1 heterocycles. The minimum Gasteiger partial charge on any atom is -0.490 e. The first kappa shape index (κ1) is 12.5. The van der Waals surface area contributed by atoms with Gasteiger partial charge in [-0.05, 0) is 17.7 Å². The molecule has 4 heteroatoms. The SMILES string of the molecule is C=CCOc1ccc(CNC2=NCCN2C)cc1. The second-order valence-electron chi connectivity index (χ2n) is 4.22. The van der Waals surface area contributed by atoms with Crippen LogP contribution in [0.3, 0.4) is 0 Å². The molecule has 0 radical (unpaired) electrons. The monoisotopic (exact) mass is 245 g/mol. The molecule has 18 heavy (non-hydrogen) atoms. The Morgan fingerprint density at radius 3 is 2.83 bits per heavy atom. The van der Waals surface area contributed by atoms with Gasteiger partial charge in [-0.1, -0.05) is 24.8 Å². The van der Waals surface area contributed by atoms with Gasteiger partial charge in [0.2, 0.25) is 0 Å². The van der Waals surface area contributed by atoms with Crippen molar-refractivity contribution in [3.8, 4) is 5.75 Å². The molecule has 0 saturated heterocycles. The highest BCUT2D eigenvalue weighted by Gasteiger charge is 2.10. The van der Waals surface area contributed by atoms with Crippen LogP contribution in [-0.4, -0.2) is 37.6 Å². The average molecular weight is 245 g/mol. The molecule has 1 aliphatic heterocycles. The van der Waals surface area contributed by atoms with Crippen LogP contribution in [0.25, 0.3) is 0 Å². The van der Waals surface area contributed by atoms with Crippen molar-refractivity contribution in [3.05, 3.63) is 42.5 Å². The van der Waals surface area contributed by atoms with Gasteiger partial charge in [-0.15, -0.1) is 0 Å². The van der Waals surface area contributed by atoms with E-state index < -0.39 is 0 Å². The third-order valence-electron chi connectivity index (χ3n) is 2.80. The summed E-state index contributed by atoms with van der Waals surface area (Å²) in [5, 5.41) is 3.33. The standard InChI is InChI=1S/C14H19N3O/c1-3-10-18-13-6-4-12(5-7-13)11-16-14-15-8-9-17(14)2/h3-7H,1,8-11H2,2H3,(H,15,16). The van der Waals surface area contributed by atoms with Crippen LogP contribution in [0.15, 0.2) is 41.9 Å². The Hall–Kier alpha value is -1.97. The number of aliphatic imine (C=N–C) groups is 1. The molecule has 0 amide bonds. The van der Waals surface area contributed by atoms with Crippen LogP contribution in [-0.2, 0) is 6.54 Å². The largest absolute Gasteiger partial charge is 0.490 e. The van der Waals surface area contributed by atoms with E-state index in [0.29, 0.717) is 6.61 Å². The summed E-state index contributed by atoms with van der Waals surface area (Å²) in [5.41, 5.74) is 1.21. The first-order chi connectivity index (χ1) is 8.79. The molecule has 0 aromatic heterocycles. The quantitative estimate of drug-likeness (QED) is 0.801. The predicted molar refractivity (Wildman–Crippen MR) is 73.9 cm³/mol. The summed E-state index contributed by atoms with van der Waals surface area (Å²) in [6, 6.07) is 8.06. The van der Waals surface area contributed by atoms with Crippen LogP contribution in [0.1, 0.15) is 5.56 Å². The maximum Gasteiger partial charge on any atom is 0.194 e. The van der Waals surface area contributed by atoms with Gasteiger partial charge >= 0.3 is 0 Å². The molecular formula is C14H19N3O. The molecule has 0 spiro atoms. The van der Waals surface area contributed by atoms with Crippen molar-refractivity contribution in [1.82, 2.24) is 10.2 Å². The summed E-state index contributed by atoms with van der Waals surface area (Å²) < 4.78 is 5.43. The van der Waals surface area contributed by atoms with Crippen molar-refractivity contribution in [2.24, 2.45) is 4.99 Å². The molecule has 4 nitrogen and oxygen atoms in total. The zero-order chi connectivity index (χ0) is 12.8. The van der Waals surface area contributed by atoms with Crippen LogP contribution in [0.4, 0.5) is 0 Å². The normalized spacial score (nSPS) is 14.3. The van der Waals surface area contributed by atoms with E-state index in [1.165, 1.54) is 5.56 Å². The van der Waals surface area contributed by atoms with E-state index >= 15 is 0 Å². The van der Waals surface area contributed by atoms with Gasteiger partial charge < -0.3 is 15.0 Å². The fourth-order valence-electron chi connectivity index (χ4n) is 1.76. The van der Waals surface area contributed by atoms with E-state index in [1.54, 1.807) is 6.08 Å². The van der Waals surface area contributed by atoms with Crippen molar-refractivity contribution < 1.29 is 4.74 Å². The van der Waals surface area contributed by atoms with Gasteiger partial charge in [-0.25, -0.2) is 0 Å². The molecule has 2 rings (SSSR count). The van der Waals surface area contributed by atoms with Crippen molar-refractivity contribution in [2.75, 3.05) is 26.7 Å². The Balaban J connectivity index is 1.84. The Bertz CT molecular complexity index is 425. The van der Waals surface area contributed by atoms with Crippen LogP contribution >= 0.6 is 0 Å². The van der Waals surface area contributed by atoms with E-state index in [0.717, 1.165) is 31.3 Å². The summed E-state index contributed by atoms with van der Waals surface area (Å²) in [5.74, 6) is 1.84. The lowest BCUT2D eigenvalue weighted by molar-refractivity contribution is 0.363. The minimum atomic E-state index is 0.541. The number of benzene rings is 1. The first-order valence-electron chi connectivity index (χ1n) is 6.11. The molecule has 0 fully saturated rings. The fourth-order valence-corrected chi connectivity index (χ4v) is 1.76. The molecule has 1 aliphatic rings. The van der Waals surface area contributed by atoms with Crippen LogP contribution in [0.5, 0.6) is 5.75 Å². The summed E-state index contributed by atoms with van der Waals surface area (Å²) >= 11 is 0. The van der Waals surface area contributed by atoms with Gasteiger partial charge in [-0.3, -0.25) is 4.99 Å². The predicted octanol–water partition coefficient (Wildman–Crippen LogP) is 1.64. The van der Waals surface area contributed by atoms with Crippen molar-refractivity contribution in [1.29, 1.82) is 0 Å². The molecule has 0 atom stereocenters. The van der Waals surface area contributed by atoms with Gasteiger partial charge in [0.1, 0.15) is 12.4 Å². The molecule has 0 bridgehead atoms. The van der Waals surface area contributed by atoms with E-state index in [4.69, 9.17) is 4.74 Å². The first-order valence-corrected chi connectivity index (χ1v) is 6.11. The van der Waals surface area contributed by atoms with Gasteiger partial charge in [0.05, 0.1) is 6.54 Å². The van der Waals surface area contributed by atoms with Crippen LogP contribution in [0.2, 0.25) is 0 Å².